The molecule has 0 heterocycles. The summed E-state index contributed by atoms with van der Waals surface area (Å²) in [5.74, 6) is 0.595. The van der Waals surface area contributed by atoms with E-state index >= 15 is 0 Å². The van der Waals surface area contributed by atoms with Gasteiger partial charge in [-0.1, -0.05) is 43.7 Å². The zero-order chi connectivity index (χ0) is 9.52. The van der Waals surface area contributed by atoms with Crippen LogP contribution in [0, 0.1) is 5.92 Å². The van der Waals surface area contributed by atoms with Crippen LogP contribution in [0.4, 0.5) is 0 Å². The second kappa shape index (κ2) is 6.25. The van der Waals surface area contributed by atoms with Gasteiger partial charge in [-0.2, -0.15) is 0 Å². The van der Waals surface area contributed by atoms with Crippen molar-refractivity contribution >= 4 is 17.6 Å². The zero-order valence-electron chi connectivity index (χ0n) is 7.93. The molecule has 0 aromatic carbocycles. The highest BCUT2D eigenvalue weighted by atomic mass is 35.5. The molecular weight excluding hydrogens is 188 g/mol. The second-order valence-corrected chi connectivity index (χ2v) is 3.89. The Morgan fingerprint density at radius 1 is 1.31 bits per heavy atom. The Labute approximate surface area is 84.6 Å². The Kier molecular flexibility index (Phi) is 5.21. The Balaban J connectivity index is 2.06. The molecule has 0 spiro atoms. The fraction of sp³-hybridized carbons (Fsp3) is 0.900. The SMILES string of the molecule is O=C(CCC1CCCCC1)OCCl. The van der Waals surface area contributed by atoms with Crippen LogP contribution < -0.4 is 0 Å². The van der Waals surface area contributed by atoms with Gasteiger partial charge in [0.15, 0.2) is 6.07 Å². The maximum absolute atomic E-state index is 11.0. The van der Waals surface area contributed by atoms with Crippen LogP contribution in [-0.2, 0) is 9.53 Å². The minimum absolute atomic E-state index is 0.0104. The van der Waals surface area contributed by atoms with Crippen LogP contribution in [-0.4, -0.2) is 12.0 Å². The molecular formula is C10H17ClO2. The second-order valence-electron chi connectivity index (χ2n) is 3.67. The molecule has 1 saturated carbocycles. The molecule has 1 fully saturated rings. The van der Waals surface area contributed by atoms with Gasteiger partial charge in [0, 0.05) is 6.42 Å². The molecule has 0 bridgehead atoms. The van der Waals surface area contributed by atoms with E-state index in [0.29, 0.717) is 6.42 Å². The van der Waals surface area contributed by atoms with Crippen molar-refractivity contribution < 1.29 is 9.53 Å². The molecule has 1 aliphatic rings. The van der Waals surface area contributed by atoms with Crippen LogP contribution in [0.3, 0.4) is 0 Å². The number of halogens is 1. The maximum Gasteiger partial charge on any atom is 0.306 e. The molecule has 0 atom stereocenters. The molecule has 0 N–H and O–H groups in total. The number of ether oxygens (including phenoxy) is 1. The van der Waals surface area contributed by atoms with Crippen molar-refractivity contribution in [2.45, 2.75) is 44.9 Å². The molecule has 13 heavy (non-hydrogen) atoms. The van der Waals surface area contributed by atoms with Gasteiger partial charge in [-0.15, -0.1) is 0 Å². The Morgan fingerprint density at radius 2 is 2.00 bits per heavy atom. The molecule has 1 rings (SSSR count). The normalized spacial score (nSPS) is 18.5. The van der Waals surface area contributed by atoms with E-state index in [1.165, 1.54) is 32.1 Å². The van der Waals surface area contributed by atoms with Crippen molar-refractivity contribution in [1.82, 2.24) is 0 Å². The number of hydrogen-bond donors (Lipinski definition) is 0. The highest BCUT2D eigenvalue weighted by Crippen LogP contribution is 2.27. The summed E-state index contributed by atoms with van der Waals surface area (Å²) < 4.78 is 4.66. The van der Waals surface area contributed by atoms with E-state index in [2.05, 4.69) is 4.74 Å². The number of alkyl halides is 1. The van der Waals surface area contributed by atoms with Gasteiger partial charge in [0.1, 0.15) is 0 Å². The lowest BCUT2D eigenvalue weighted by Gasteiger charge is -2.20. The molecule has 0 aromatic rings. The first-order valence-corrected chi connectivity index (χ1v) is 5.58. The molecule has 0 unspecified atom stereocenters. The molecule has 0 aromatic heterocycles. The van der Waals surface area contributed by atoms with Crippen molar-refractivity contribution in [3.63, 3.8) is 0 Å². The van der Waals surface area contributed by atoms with Gasteiger partial charge in [0.2, 0.25) is 0 Å². The summed E-state index contributed by atoms with van der Waals surface area (Å²) in [7, 11) is 0. The lowest BCUT2D eigenvalue weighted by Crippen LogP contribution is -2.10. The van der Waals surface area contributed by atoms with E-state index in [1.54, 1.807) is 0 Å². The molecule has 0 saturated heterocycles. The lowest BCUT2D eigenvalue weighted by molar-refractivity contribution is -0.142. The fourth-order valence-electron chi connectivity index (χ4n) is 1.93. The average molecular weight is 205 g/mol. The third-order valence-electron chi connectivity index (χ3n) is 2.70. The summed E-state index contributed by atoms with van der Waals surface area (Å²) in [5.41, 5.74) is 0. The first kappa shape index (κ1) is 10.8. The van der Waals surface area contributed by atoms with Gasteiger partial charge in [-0.3, -0.25) is 4.79 Å². The van der Waals surface area contributed by atoms with Crippen LogP contribution in [0.5, 0.6) is 0 Å². The fourth-order valence-corrected chi connectivity index (χ4v) is 2.05. The third-order valence-corrected chi connectivity index (χ3v) is 2.81. The van der Waals surface area contributed by atoms with Gasteiger partial charge in [-0.05, 0) is 12.3 Å². The van der Waals surface area contributed by atoms with Crippen molar-refractivity contribution in [2.75, 3.05) is 6.07 Å². The average Bonchev–Trinajstić information content (AvgIpc) is 2.17. The molecule has 0 amide bonds. The van der Waals surface area contributed by atoms with Crippen LogP contribution in [0.1, 0.15) is 44.9 Å². The summed E-state index contributed by atoms with van der Waals surface area (Å²) in [6.45, 7) is 0. The minimum atomic E-state index is -0.152. The number of carbonyl (C=O) groups is 1. The van der Waals surface area contributed by atoms with Crippen molar-refractivity contribution in [3.05, 3.63) is 0 Å². The maximum atomic E-state index is 11.0. The molecule has 2 nitrogen and oxygen atoms in total. The third kappa shape index (κ3) is 4.51. The van der Waals surface area contributed by atoms with E-state index in [4.69, 9.17) is 11.6 Å². The van der Waals surface area contributed by atoms with Crippen molar-refractivity contribution in [1.29, 1.82) is 0 Å². The largest absolute Gasteiger partial charge is 0.449 e. The predicted molar refractivity (Wildman–Crippen MR) is 52.6 cm³/mol. The topological polar surface area (TPSA) is 26.3 Å². The molecule has 0 aliphatic heterocycles. The number of carbonyl (C=O) groups excluding carboxylic acids is 1. The summed E-state index contributed by atoms with van der Waals surface area (Å²) in [4.78, 5) is 11.0. The monoisotopic (exact) mass is 204 g/mol. The molecule has 76 valence electrons. The van der Waals surface area contributed by atoms with Gasteiger partial charge >= 0.3 is 5.97 Å². The molecule has 0 radical (unpaired) electrons. The Bertz CT molecular complexity index is 153. The molecule has 3 heteroatoms. The van der Waals surface area contributed by atoms with Gasteiger partial charge in [0.25, 0.3) is 0 Å². The molecule has 1 aliphatic carbocycles. The van der Waals surface area contributed by atoms with Gasteiger partial charge < -0.3 is 4.74 Å². The quantitative estimate of drug-likeness (QED) is 0.520. The van der Waals surface area contributed by atoms with Crippen LogP contribution >= 0.6 is 11.6 Å². The summed E-state index contributed by atoms with van der Waals surface area (Å²) in [5, 5.41) is 0. The van der Waals surface area contributed by atoms with Crippen LogP contribution in [0.2, 0.25) is 0 Å². The smallest absolute Gasteiger partial charge is 0.306 e. The van der Waals surface area contributed by atoms with Gasteiger partial charge in [-0.25, -0.2) is 0 Å². The lowest BCUT2D eigenvalue weighted by atomic mass is 9.86. The predicted octanol–water partition coefficient (Wildman–Crippen LogP) is 3.09. The van der Waals surface area contributed by atoms with Crippen LogP contribution in [0.25, 0.3) is 0 Å². The number of hydrogen-bond acceptors (Lipinski definition) is 2. The number of rotatable bonds is 4. The summed E-state index contributed by atoms with van der Waals surface area (Å²) in [6.07, 6.45) is 8.11. The Hall–Kier alpha value is -0.240. The van der Waals surface area contributed by atoms with E-state index in [9.17, 15) is 4.79 Å². The van der Waals surface area contributed by atoms with E-state index in [-0.39, 0.29) is 12.0 Å². The first-order valence-electron chi connectivity index (χ1n) is 5.04. The van der Waals surface area contributed by atoms with Gasteiger partial charge in [0.05, 0.1) is 0 Å². The highest BCUT2D eigenvalue weighted by molar-refractivity contribution is 6.17. The van der Waals surface area contributed by atoms with Crippen molar-refractivity contribution in [3.8, 4) is 0 Å². The summed E-state index contributed by atoms with van der Waals surface area (Å²) >= 11 is 5.27. The van der Waals surface area contributed by atoms with E-state index in [0.717, 1.165) is 12.3 Å². The Morgan fingerprint density at radius 3 is 2.62 bits per heavy atom. The highest BCUT2D eigenvalue weighted by Gasteiger charge is 2.14. The first-order chi connectivity index (χ1) is 6.33. The minimum Gasteiger partial charge on any atom is -0.449 e. The summed E-state index contributed by atoms with van der Waals surface area (Å²) in [6, 6.07) is -0.0104. The van der Waals surface area contributed by atoms with Crippen LogP contribution in [0.15, 0.2) is 0 Å². The van der Waals surface area contributed by atoms with E-state index in [1.807, 2.05) is 0 Å². The van der Waals surface area contributed by atoms with Crippen molar-refractivity contribution in [2.24, 2.45) is 5.92 Å². The number of esters is 1. The standard InChI is InChI=1S/C10H17ClO2/c11-8-13-10(12)7-6-9-4-2-1-3-5-9/h9H,1-8H2. The van der Waals surface area contributed by atoms with E-state index < -0.39 is 0 Å². The zero-order valence-corrected chi connectivity index (χ0v) is 8.68.